The highest BCUT2D eigenvalue weighted by molar-refractivity contribution is 4.90. The van der Waals surface area contributed by atoms with Crippen LogP contribution in [0.4, 0.5) is 0 Å². The van der Waals surface area contributed by atoms with Crippen LogP contribution in [0.5, 0.6) is 0 Å². The van der Waals surface area contributed by atoms with E-state index in [0.29, 0.717) is 12.8 Å². The summed E-state index contributed by atoms with van der Waals surface area (Å²) in [5.41, 5.74) is 0. The van der Waals surface area contributed by atoms with E-state index >= 15 is 0 Å². The van der Waals surface area contributed by atoms with E-state index in [2.05, 4.69) is 0 Å². The predicted octanol–water partition coefficient (Wildman–Crippen LogP) is 1.88. The van der Waals surface area contributed by atoms with Crippen LogP contribution < -0.4 is 0 Å². The molecule has 2 saturated carbocycles. The Labute approximate surface area is 93.3 Å². The third-order valence-electron chi connectivity index (χ3n) is 4.15. The van der Waals surface area contributed by atoms with Gasteiger partial charge in [-0.15, -0.1) is 0 Å². The number of hydrogen-bond donors (Lipinski definition) is 0. The van der Waals surface area contributed by atoms with Gasteiger partial charge in [0.2, 0.25) is 12.1 Å². The van der Waals surface area contributed by atoms with E-state index in [9.17, 15) is 20.2 Å². The summed E-state index contributed by atoms with van der Waals surface area (Å²) in [5.74, 6) is -0.124. The lowest BCUT2D eigenvalue weighted by molar-refractivity contribution is -0.564. The molecule has 2 rings (SSSR count). The largest absolute Gasteiger partial charge is 0.264 e. The number of hydrogen-bond acceptors (Lipinski definition) is 4. The smallest absolute Gasteiger partial charge is 0.216 e. The molecule has 0 N–H and O–H groups in total. The molecule has 0 aromatic heterocycles. The molecule has 2 aliphatic rings. The van der Waals surface area contributed by atoms with E-state index in [1.807, 2.05) is 0 Å². The maximum absolute atomic E-state index is 10.9. The maximum Gasteiger partial charge on any atom is 0.216 e. The quantitative estimate of drug-likeness (QED) is 0.533. The molecular weight excluding hydrogens is 212 g/mol. The average Bonchev–Trinajstić information content (AvgIpc) is 2.27. The lowest BCUT2D eigenvalue weighted by Gasteiger charge is -2.37. The zero-order chi connectivity index (χ0) is 11.7. The molecule has 0 aromatic rings. The van der Waals surface area contributed by atoms with Gasteiger partial charge >= 0.3 is 0 Å². The van der Waals surface area contributed by atoms with E-state index in [4.69, 9.17) is 0 Å². The Morgan fingerprint density at radius 1 is 0.750 bits per heavy atom. The molecule has 0 spiro atoms. The fourth-order valence-corrected chi connectivity index (χ4v) is 3.46. The average molecular weight is 228 g/mol. The molecule has 0 saturated heterocycles. The standard InChI is InChI=1S/C10H16N2O4/c13-11(14)9-5-1-3-7-8(9)4-2-6-10(7)12(15)16/h7-10H,1-6H2/t7-,8-,9-,10+/m0/s1. The van der Waals surface area contributed by atoms with Crippen LogP contribution in [0.2, 0.25) is 0 Å². The summed E-state index contributed by atoms with van der Waals surface area (Å²) in [6.07, 6.45) is 4.30. The van der Waals surface area contributed by atoms with Crippen LogP contribution in [0, 0.1) is 32.1 Å². The lowest BCUT2D eigenvalue weighted by Crippen LogP contribution is -2.47. The van der Waals surface area contributed by atoms with Gasteiger partial charge in [-0.05, 0) is 25.7 Å². The molecule has 16 heavy (non-hydrogen) atoms. The van der Waals surface area contributed by atoms with Gasteiger partial charge in [-0.3, -0.25) is 20.2 Å². The molecule has 0 heterocycles. The van der Waals surface area contributed by atoms with Crippen LogP contribution in [0.1, 0.15) is 38.5 Å². The molecule has 6 nitrogen and oxygen atoms in total. The van der Waals surface area contributed by atoms with Gasteiger partial charge in [0.05, 0.1) is 0 Å². The van der Waals surface area contributed by atoms with Crippen molar-refractivity contribution in [1.82, 2.24) is 0 Å². The Morgan fingerprint density at radius 2 is 1.12 bits per heavy atom. The Balaban J connectivity index is 2.17. The zero-order valence-corrected chi connectivity index (χ0v) is 9.08. The van der Waals surface area contributed by atoms with Crippen molar-refractivity contribution in [2.24, 2.45) is 11.8 Å². The minimum absolute atomic E-state index is 0.0621. The van der Waals surface area contributed by atoms with E-state index in [-0.39, 0.29) is 21.7 Å². The van der Waals surface area contributed by atoms with E-state index < -0.39 is 12.1 Å². The molecule has 90 valence electrons. The summed E-state index contributed by atoms with van der Waals surface area (Å²) in [4.78, 5) is 21.4. The first-order valence-electron chi connectivity index (χ1n) is 5.88. The minimum atomic E-state index is -0.540. The summed E-state index contributed by atoms with van der Waals surface area (Å²) >= 11 is 0. The van der Waals surface area contributed by atoms with Crippen LogP contribution in [0.3, 0.4) is 0 Å². The first-order chi connectivity index (χ1) is 7.61. The SMILES string of the molecule is O=[N+]([O-])[C@@H]1CCC[C@H]2[C@@H]1CCC[C@@H]2[N+](=O)[O-]. The second-order valence-corrected chi connectivity index (χ2v) is 4.89. The second-order valence-electron chi connectivity index (χ2n) is 4.89. The first-order valence-corrected chi connectivity index (χ1v) is 5.88. The normalized spacial score (nSPS) is 38.8. The lowest BCUT2D eigenvalue weighted by atomic mass is 9.66. The topological polar surface area (TPSA) is 86.3 Å². The molecular formula is C10H16N2O4. The fraction of sp³-hybridized carbons (Fsp3) is 1.00. The van der Waals surface area contributed by atoms with Crippen molar-refractivity contribution in [2.75, 3.05) is 0 Å². The van der Waals surface area contributed by atoms with Gasteiger partial charge in [-0.25, -0.2) is 0 Å². The first kappa shape index (κ1) is 11.3. The van der Waals surface area contributed by atoms with Crippen molar-refractivity contribution in [1.29, 1.82) is 0 Å². The molecule has 0 radical (unpaired) electrons. The van der Waals surface area contributed by atoms with Crippen LogP contribution in [0.25, 0.3) is 0 Å². The third-order valence-corrected chi connectivity index (χ3v) is 4.15. The van der Waals surface area contributed by atoms with Gasteiger partial charge in [0.25, 0.3) is 0 Å². The summed E-state index contributed by atoms with van der Waals surface area (Å²) < 4.78 is 0. The van der Waals surface area contributed by atoms with Crippen molar-refractivity contribution in [2.45, 2.75) is 50.6 Å². The van der Waals surface area contributed by atoms with Gasteiger partial charge in [-0.2, -0.15) is 0 Å². The monoisotopic (exact) mass is 228 g/mol. The van der Waals surface area contributed by atoms with Gasteiger partial charge in [0, 0.05) is 34.5 Å². The highest BCUT2D eigenvalue weighted by Crippen LogP contribution is 2.42. The van der Waals surface area contributed by atoms with Gasteiger partial charge in [0.15, 0.2) is 0 Å². The fourth-order valence-electron chi connectivity index (χ4n) is 3.46. The van der Waals surface area contributed by atoms with E-state index in [0.717, 1.165) is 25.7 Å². The molecule has 2 aliphatic carbocycles. The molecule has 0 aromatic carbocycles. The van der Waals surface area contributed by atoms with Crippen molar-refractivity contribution >= 4 is 0 Å². The number of nitrogens with zero attached hydrogens (tertiary/aromatic N) is 2. The van der Waals surface area contributed by atoms with Crippen molar-refractivity contribution in [3.63, 3.8) is 0 Å². The zero-order valence-electron chi connectivity index (χ0n) is 9.08. The number of nitro groups is 2. The van der Waals surface area contributed by atoms with Crippen molar-refractivity contribution < 1.29 is 9.85 Å². The Kier molecular flexibility index (Phi) is 3.07. The van der Waals surface area contributed by atoms with Crippen LogP contribution in [-0.2, 0) is 0 Å². The van der Waals surface area contributed by atoms with E-state index in [1.54, 1.807) is 0 Å². The summed E-state index contributed by atoms with van der Waals surface area (Å²) in [6.45, 7) is 0. The highest BCUT2D eigenvalue weighted by atomic mass is 16.6. The molecule has 0 aliphatic heterocycles. The van der Waals surface area contributed by atoms with Crippen molar-refractivity contribution in [3.8, 4) is 0 Å². The second kappa shape index (κ2) is 4.35. The summed E-state index contributed by atoms with van der Waals surface area (Å²) in [6, 6.07) is -1.08. The Bertz CT molecular complexity index is 277. The summed E-state index contributed by atoms with van der Waals surface area (Å²) in [5, 5.41) is 21.8. The maximum atomic E-state index is 10.9. The predicted molar refractivity (Wildman–Crippen MR) is 56.2 cm³/mol. The van der Waals surface area contributed by atoms with Crippen LogP contribution in [0.15, 0.2) is 0 Å². The number of rotatable bonds is 2. The third kappa shape index (κ3) is 1.88. The Morgan fingerprint density at radius 3 is 1.44 bits per heavy atom. The van der Waals surface area contributed by atoms with Gasteiger partial charge in [0.1, 0.15) is 0 Å². The summed E-state index contributed by atoms with van der Waals surface area (Å²) in [7, 11) is 0. The number of fused-ring (bicyclic) bond motifs is 1. The Hall–Kier alpha value is -1.20. The van der Waals surface area contributed by atoms with Crippen LogP contribution >= 0.6 is 0 Å². The molecule has 4 atom stereocenters. The van der Waals surface area contributed by atoms with E-state index in [1.165, 1.54) is 0 Å². The highest BCUT2D eigenvalue weighted by Gasteiger charge is 2.49. The van der Waals surface area contributed by atoms with Crippen molar-refractivity contribution in [3.05, 3.63) is 20.2 Å². The minimum Gasteiger partial charge on any atom is -0.264 e. The van der Waals surface area contributed by atoms with Gasteiger partial charge in [-0.1, -0.05) is 0 Å². The molecule has 0 unspecified atom stereocenters. The molecule has 0 amide bonds. The molecule has 0 bridgehead atoms. The molecule has 6 heteroatoms. The van der Waals surface area contributed by atoms with Crippen LogP contribution in [-0.4, -0.2) is 21.9 Å². The molecule has 2 fully saturated rings. The van der Waals surface area contributed by atoms with Gasteiger partial charge < -0.3 is 0 Å².